The van der Waals surface area contributed by atoms with Crippen molar-refractivity contribution in [3.05, 3.63) is 46.8 Å². The zero-order valence-electron chi connectivity index (χ0n) is 15.0. The molecule has 0 radical (unpaired) electrons. The van der Waals surface area contributed by atoms with Crippen LogP contribution in [-0.4, -0.2) is 45.2 Å². The van der Waals surface area contributed by atoms with Crippen molar-refractivity contribution >= 4 is 15.8 Å². The van der Waals surface area contributed by atoms with E-state index in [4.69, 9.17) is 14.2 Å². The highest BCUT2D eigenvalue weighted by atomic mass is 32.2. The topological polar surface area (TPSA) is 78.9 Å². The van der Waals surface area contributed by atoms with Crippen molar-refractivity contribution in [2.24, 2.45) is 0 Å². The third-order valence-corrected chi connectivity index (χ3v) is 6.74. The molecule has 1 spiro atoms. The van der Waals surface area contributed by atoms with Crippen molar-refractivity contribution in [2.75, 3.05) is 19.8 Å². The summed E-state index contributed by atoms with van der Waals surface area (Å²) in [7, 11) is -4.16. The Bertz CT molecular complexity index is 906. The molecule has 2 aliphatic rings. The van der Waals surface area contributed by atoms with Gasteiger partial charge in [0.1, 0.15) is 0 Å². The number of carbonyl (C=O) groups excluding carboxylic acids is 1. The van der Waals surface area contributed by atoms with E-state index in [-0.39, 0.29) is 25.0 Å². The monoisotopic (exact) mass is 420 g/mol. The van der Waals surface area contributed by atoms with Gasteiger partial charge in [0.15, 0.2) is 33.1 Å². The molecule has 1 aliphatic carbocycles. The number of rotatable bonds is 5. The van der Waals surface area contributed by atoms with Crippen molar-refractivity contribution in [1.29, 1.82) is 0 Å². The van der Waals surface area contributed by atoms with Crippen LogP contribution >= 0.6 is 0 Å². The quantitative estimate of drug-likeness (QED) is 0.538. The Morgan fingerprint density at radius 1 is 1.21 bits per heavy atom. The Kier molecular flexibility index (Phi) is 5.83. The summed E-state index contributed by atoms with van der Waals surface area (Å²) in [5.41, 5.74) is -0.686. The number of carbonyl (C=O) groups is 1. The van der Waals surface area contributed by atoms with Crippen molar-refractivity contribution in [3.63, 3.8) is 0 Å². The molecule has 1 atom stereocenters. The largest absolute Gasteiger partial charge is 0.463 e. The van der Waals surface area contributed by atoms with Gasteiger partial charge in [-0.2, -0.15) is 0 Å². The molecule has 1 aliphatic heterocycles. The SMILES string of the molecule is CCOC(=O)C1=CC2(CCC1S(=O)(=O)Cc1ccc(F)c(F)c1F)OCCO2. The Labute approximate surface area is 160 Å². The molecule has 1 saturated heterocycles. The first-order valence-corrected chi connectivity index (χ1v) is 10.4. The zero-order chi connectivity index (χ0) is 20.5. The Balaban J connectivity index is 1.95. The molecule has 1 fully saturated rings. The lowest BCUT2D eigenvalue weighted by molar-refractivity contribution is -0.143. The number of hydrogen-bond donors (Lipinski definition) is 0. The normalized spacial score (nSPS) is 21.6. The summed E-state index contributed by atoms with van der Waals surface area (Å²) in [5.74, 6) is -7.67. The minimum atomic E-state index is -4.16. The summed E-state index contributed by atoms with van der Waals surface area (Å²) in [5, 5.41) is -1.31. The van der Waals surface area contributed by atoms with Crippen LogP contribution in [0.5, 0.6) is 0 Å². The third-order valence-electron chi connectivity index (χ3n) is 4.67. The van der Waals surface area contributed by atoms with Gasteiger partial charge in [0.05, 0.1) is 36.4 Å². The van der Waals surface area contributed by atoms with Crippen LogP contribution in [-0.2, 0) is 34.6 Å². The van der Waals surface area contributed by atoms with Gasteiger partial charge in [-0.05, 0) is 25.5 Å². The second-order valence-electron chi connectivity index (χ2n) is 6.50. The Morgan fingerprint density at radius 3 is 2.54 bits per heavy atom. The van der Waals surface area contributed by atoms with Gasteiger partial charge in [0, 0.05) is 12.0 Å². The number of halogens is 3. The second-order valence-corrected chi connectivity index (χ2v) is 8.68. The Morgan fingerprint density at radius 2 is 1.89 bits per heavy atom. The van der Waals surface area contributed by atoms with E-state index in [2.05, 4.69) is 0 Å². The number of hydrogen-bond acceptors (Lipinski definition) is 6. The van der Waals surface area contributed by atoms with Crippen LogP contribution in [0.1, 0.15) is 25.3 Å². The van der Waals surface area contributed by atoms with Gasteiger partial charge in [0.2, 0.25) is 0 Å². The lowest BCUT2D eigenvalue weighted by Gasteiger charge is -2.33. The van der Waals surface area contributed by atoms with Gasteiger partial charge in [-0.3, -0.25) is 0 Å². The molecular weight excluding hydrogens is 401 g/mol. The zero-order valence-corrected chi connectivity index (χ0v) is 15.9. The highest BCUT2D eigenvalue weighted by Crippen LogP contribution is 2.38. The summed E-state index contributed by atoms with van der Waals surface area (Å²) in [6.45, 7) is 2.18. The maximum absolute atomic E-state index is 14.0. The van der Waals surface area contributed by atoms with Gasteiger partial charge in [0.25, 0.3) is 0 Å². The molecule has 0 saturated carbocycles. The fourth-order valence-corrected chi connectivity index (χ4v) is 5.25. The van der Waals surface area contributed by atoms with E-state index >= 15 is 0 Å². The number of sulfone groups is 1. The van der Waals surface area contributed by atoms with E-state index < -0.39 is 55.6 Å². The molecule has 1 heterocycles. The predicted octanol–water partition coefficient (Wildman–Crippen LogP) is 2.41. The van der Waals surface area contributed by atoms with E-state index in [0.717, 1.165) is 6.07 Å². The Hall–Kier alpha value is -1.91. The molecule has 0 amide bonds. The van der Waals surface area contributed by atoms with Gasteiger partial charge < -0.3 is 14.2 Å². The van der Waals surface area contributed by atoms with E-state index in [1.807, 2.05) is 0 Å². The van der Waals surface area contributed by atoms with Crippen molar-refractivity contribution in [3.8, 4) is 0 Å². The lowest BCUT2D eigenvalue weighted by Crippen LogP contribution is -2.41. The van der Waals surface area contributed by atoms with Crippen molar-refractivity contribution in [1.82, 2.24) is 0 Å². The molecule has 28 heavy (non-hydrogen) atoms. The highest BCUT2D eigenvalue weighted by Gasteiger charge is 2.46. The summed E-state index contributed by atoms with van der Waals surface area (Å²) >= 11 is 0. The maximum atomic E-state index is 14.0. The molecule has 3 rings (SSSR count). The van der Waals surface area contributed by atoms with E-state index in [1.54, 1.807) is 6.92 Å². The minimum absolute atomic E-state index is 0.0233. The lowest BCUT2D eigenvalue weighted by atomic mass is 9.94. The highest BCUT2D eigenvalue weighted by molar-refractivity contribution is 7.91. The van der Waals surface area contributed by atoms with Gasteiger partial charge in [-0.15, -0.1) is 0 Å². The number of benzene rings is 1. The molecule has 1 aromatic rings. The molecule has 10 heteroatoms. The number of ether oxygens (including phenoxy) is 3. The fraction of sp³-hybridized carbons (Fsp3) is 0.500. The summed E-state index contributed by atoms with van der Waals surface area (Å²) < 4.78 is 82.3. The van der Waals surface area contributed by atoms with Gasteiger partial charge >= 0.3 is 5.97 Å². The molecular formula is C18H19F3O6S. The average molecular weight is 420 g/mol. The molecule has 0 bridgehead atoms. The third kappa shape index (κ3) is 3.94. The fourth-order valence-electron chi connectivity index (χ4n) is 3.36. The van der Waals surface area contributed by atoms with Crippen LogP contribution in [0.2, 0.25) is 0 Å². The van der Waals surface area contributed by atoms with Crippen LogP contribution in [0.15, 0.2) is 23.8 Å². The van der Waals surface area contributed by atoms with Crippen LogP contribution in [0.25, 0.3) is 0 Å². The summed E-state index contributed by atoms with van der Waals surface area (Å²) in [4.78, 5) is 12.4. The smallest absolute Gasteiger partial charge is 0.335 e. The van der Waals surface area contributed by atoms with Crippen molar-refractivity contribution in [2.45, 2.75) is 36.6 Å². The van der Waals surface area contributed by atoms with E-state index in [1.165, 1.54) is 6.08 Å². The first-order valence-electron chi connectivity index (χ1n) is 8.71. The van der Waals surface area contributed by atoms with E-state index in [9.17, 15) is 26.4 Å². The molecule has 1 aromatic carbocycles. The van der Waals surface area contributed by atoms with Crippen molar-refractivity contribution < 1.29 is 40.6 Å². The molecule has 154 valence electrons. The van der Waals surface area contributed by atoms with E-state index in [0.29, 0.717) is 19.3 Å². The summed E-state index contributed by atoms with van der Waals surface area (Å²) in [6, 6.07) is 1.52. The second kappa shape index (κ2) is 7.84. The minimum Gasteiger partial charge on any atom is -0.463 e. The molecule has 6 nitrogen and oxygen atoms in total. The average Bonchev–Trinajstić information content (AvgIpc) is 3.10. The molecule has 0 aromatic heterocycles. The standard InChI is InChI=1S/C18H19F3O6S/c1-2-25-17(22)12-9-18(26-7-8-27-18)6-5-14(12)28(23,24)10-11-3-4-13(19)16(21)15(11)20/h3-4,9,14H,2,5-8,10H2,1H3. The molecule has 1 unspecified atom stereocenters. The first kappa shape index (κ1) is 20.8. The van der Waals surface area contributed by atoms with Crippen LogP contribution in [0.3, 0.4) is 0 Å². The van der Waals surface area contributed by atoms with Gasteiger partial charge in [-0.25, -0.2) is 26.4 Å². The van der Waals surface area contributed by atoms with Crippen LogP contribution in [0.4, 0.5) is 13.2 Å². The first-order chi connectivity index (χ1) is 13.2. The predicted molar refractivity (Wildman–Crippen MR) is 91.3 cm³/mol. The van der Waals surface area contributed by atoms with Crippen LogP contribution < -0.4 is 0 Å². The molecule has 0 N–H and O–H groups in total. The van der Waals surface area contributed by atoms with Crippen LogP contribution in [0, 0.1) is 17.5 Å². The number of esters is 1. The summed E-state index contributed by atoms with van der Waals surface area (Å²) in [6.07, 6.45) is 1.43. The maximum Gasteiger partial charge on any atom is 0.335 e. The van der Waals surface area contributed by atoms with Gasteiger partial charge in [-0.1, -0.05) is 6.07 Å².